The summed E-state index contributed by atoms with van der Waals surface area (Å²) >= 11 is 0. The standard InChI is InChI=1S/C12H26N2O/c1-11(2,13)5-4-8-14-12(3)6-9-15-10-7-12/h14H,4-10,13H2,1-3H3. The van der Waals surface area contributed by atoms with Crippen molar-refractivity contribution in [2.45, 2.75) is 57.5 Å². The third-order valence-electron chi connectivity index (χ3n) is 3.15. The van der Waals surface area contributed by atoms with Gasteiger partial charge in [0.15, 0.2) is 0 Å². The fraction of sp³-hybridized carbons (Fsp3) is 1.00. The lowest BCUT2D eigenvalue weighted by atomic mass is 9.92. The summed E-state index contributed by atoms with van der Waals surface area (Å²) in [6, 6.07) is 0. The van der Waals surface area contributed by atoms with Crippen molar-refractivity contribution >= 4 is 0 Å². The molecule has 1 saturated heterocycles. The molecule has 1 rings (SSSR count). The fourth-order valence-corrected chi connectivity index (χ4v) is 1.93. The molecule has 15 heavy (non-hydrogen) atoms. The van der Waals surface area contributed by atoms with Crippen molar-refractivity contribution in [3.63, 3.8) is 0 Å². The van der Waals surface area contributed by atoms with E-state index in [0.717, 1.165) is 45.4 Å². The second-order valence-electron chi connectivity index (χ2n) is 5.69. The maximum absolute atomic E-state index is 5.94. The molecule has 0 aliphatic carbocycles. The molecule has 3 heteroatoms. The van der Waals surface area contributed by atoms with E-state index in [1.807, 2.05) is 0 Å². The van der Waals surface area contributed by atoms with Gasteiger partial charge in [0, 0.05) is 24.3 Å². The number of nitrogens with two attached hydrogens (primary N) is 1. The van der Waals surface area contributed by atoms with Gasteiger partial charge in [0.05, 0.1) is 0 Å². The van der Waals surface area contributed by atoms with Crippen LogP contribution in [0.1, 0.15) is 46.5 Å². The predicted octanol–water partition coefficient (Wildman–Crippen LogP) is 1.66. The molecule has 0 radical (unpaired) electrons. The van der Waals surface area contributed by atoms with Crippen molar-refractivity contribution in [3.8, 4) is 0 Å². The van der Waals surface area contributed by atoms with Crippen LogP contribution in [0.2, 0.25) is 0 Å². The van der Waals surface area contributed by atoms with E-state index in [0.29, 0.717) is 0 Å². The number of ether oxygens (including phenoxy) is 1. The van der Waals surface area contributed by atoms with Crippen molar-refractivity contribution < 1.29 is 4.74 Å². The van der Waals surface area contributed by atoms with E-state index in [4.69, 9.17) is 10.5 Å². The molecule has 0 spiro atoms. The molecule has 1 aliphatic rings. The highest BCUT2D eigenvalue weighted by Crippen LogP contribution is 2.19. The van der Waals surface area contributed by atoms with E-state index in [1.165, 1.54) is 0 Å². The van der Waals surface area contributed by atoms with Gasteiger partial charge >= 0.3 is 0 Å². The molecule has 0 saturated carbocycles. The van der Waals surface area contributed by atoms with Crippen molar-refractivity contribution in [3.05, 3.63) is 0 Å². The molecule has 0 unspecified atom stereocenters. The van der Waals surface area contributed by atoms with Crippen molar-refractivity contribution in [1.29, 1.82) is 0 Å². The van der Waals surface area contributed by atoms with Gasteiger partial charge in [0.2, 0.25) is 0 Å². The first-order valence-corrected chi connectivity index (χ1v) is 6.03. The molecular formula is C12H26N2O. The molecule has 1 aliphatic heterocycles. The summed E-state index contributed by atoms with van der Waals surface area (Å²) in [7, 11) is 0. The Morgan fingerprint density at radius 3 is 2.47 bits per heavy atom. The minimum absolute atomic E-state index is 0.0295. The summed E-state index contributed by atoms with van der Waals surface area (Å²) in [6.45, 7) is 9.32. The van der Waals surface area contributed by atoms with Gasteiger partial charge in [0.1, 0.15) is 0 Å². The SMILES string of the molecule is CC(C)(N)CCCNC1(C)CCOCC1. The van der Waals surface area contributed by atoms with Gasteiger partial charge < -0.3 is 15.8 Å². The molecule has 0 amide bonds. The molecule has 3 nitrogen and oxygen atoms in total. The second kappa shape index (κ2) is 5.28. The zero-order valence-electron chi connectivity index (χ0n) is 10.4. The lowest BCUT2D eigenvalue weighted by Gasteiger charge is -2.35. The van der Waals surface area contributed by atoms with Gasteiger partial charge in [-0.25, -0.2) is 0 Å². The van der Waals surface area contributed by atoms with Gasteiger partial charge in [-0.3, -0.25) is 0 Å². The van der Waals surface area contributed by atoms with E-state index in [9.17, 15) is 0 Å². The third kappa shape index (κ3) is 5.50. The van der Waals surface area contributed by atoms with Gasteiger partial charge in [-0.15, -0.1) is 0 Å². The Balaban J connectivity index is 2.13. The van der Waals surface area contributed by atoms with Crippen LogP contribution in [0.3, 0.4) is 0 Å². The number of nitrogens with one attached hydrogen (secondary N) is 1. The number of rotatable bonds is 5. The van der Waals surface area contributed by atoms with Gasteiger partial charge in [-0.05, 0) is 53.0 Å². The molecule has 1 fully saturated rings. The zero-order valence-corrected chi connectivity index (χ0v) is 10.4. The van der Waals surface area contributed by atoms with Crippen LogP contribution in [0.25, 0.3) is 0 Å². The maximum atomic E-state index is 5.94. The smallest absolute Gasteiger partial charge is 0.0483 e. The van der Waals surface area contributed by atoms with E-state index in [2.05, 4.69) is 26.1 Å². The molecule has 0 aromatic rings. The highest BCUT2D eigenvalue weighted by atomic mass is 16.5. The molecule has 0 bridgehead atoms. The Kier molecular flexibility index (Phi) is 4.56. The molecule has 90 valence electrons. The van der Waals surface area contributed by atoms with E-state index in [1.54, 1.807) is 0 Å². The summed E-state index contributed by atoms with van der Waals surface area (Å²) < 4.78 is 5.37. The normalized spacial score (nSPS) is 21.6. The molecule has 0 aromatic heterocycles. The van der Waals surface area contributed by atoms with Gasteiger partial charge in [0.25, 0.3) is 0 Å². The lowest BCUT2D eigenvalue weighted by Crippen LogP contribution is -2.47. The van der Waals surface area contributed by atoms with Crippen LogP contribution in [0.4, 0.5) is 0 Å². The minimum Gasteiger partial charge on any atom is -0.381 e. The van der Waals surface area contributed by atoms with Crippen LogP contribution in [0, 0.1) is 0 Å². The molecule has 3 N–H and O–H groups in total. The first-order valence-electron chi connectivity index (χ1n) is 6.03. The topological polar surface area (TPSA) is 47.3 Å². The van der Waals surface area contributed by atoms with Gasteiger partial charge in [-0.2, -0.15) is 0 Å². The summed E-state index contributed by atoms with van der Waals surface area (Å²) in [5.41, 5.74) is 6.20. The maximum Gasteiger partial charge on any atom is 0.0483 e. The van der Waals surface area contributed by atoms with E-state index in [-0.39, 0.29) is 11.1 Å². The summed E-state index contributed by atoms with van der Waals surface area (Å²) in [5.74, 6) is 0. The van der Waals surface area contributed by atoms with E-state index >= 15 is 0 Å². The van der Waals surface area contributed by atoms with Crippen LogP contribution in [0.15, 0.2) is 0 Å². The monoisotopic (exact) mass is 214 g/mol. The Labute approximate surface area is 93.8 Å². The zero-order chi connectivity index (χ0) is 11.4. The largest absolute Gasteiger partial charge is 0.381 e. The number of hydrogen-bond donors (Lipinski definition) is 2. The Bertz CT molecular complexity index is 181. The summed E-state index contributed by atoms with van der Waals surface area (Å²) in [5, 5.41) is 3.64. The lowest BCUT2D eigenvalue weighted by molar-refractivity contribution is 0.0451. The molecule has 1 heterocycles. The Hall–Kier alpha value is -0.120. The van der Waals surface area contributed by atoms with Crippen molar-refractivity contribution in [2.24, 2.45) is 5.73 Å². The van der Waals surface area contributed by atoms with Crippen molar-refractivity contribution in [1.82, 2.24) is 5.32 Å². The highest BCUT2D eigenvalue weighted by molar-refractivity contribution is 4.85. The van der Waals surface area contributed by atoms with E-state index < -0.39 is 0 Å². The highest BCUT2D eigenvalue weighted by Gasteiger charge is 2.26. The van der Waals surface area contributed by atoms with Crippen LogP contribution in [-0.4, -0.2) is 30.8 Å². The summed E-state index contributed by atoms with van der Waals surface area (Å²) in [6.07, 6.45) is 4.48. The molecule has 0 atom stereocenters. The van der Waals surface area contributed by atoms with Crippen molar-refractivity contribution in [2.75, 3.05) is 19.8 Å². The van der Waals surface area contributed by atoms with Crippen LogP contribution in [0.5, 0.6) is 0 Å². The quantitative estimate of drug-likeness (QED) is 0.684. The molecular weight excluding hydrogens is 188 g/mol. The van der Waals surface area contributed by atoms with Crippen LogP contribution < -0.4 is 11.1 Å². The predicted molar refractivity (Wildman–Crippen MR) is 64.0 cm³/mol. The average molecular weight is 214 g/mol. The Morgan fingerprint density at radius 2 is 1.93 bits per heavy atom. The van der Waals surface area contributed by atoms with Crippen LogP contribution in [-0.2, 0) is 4.74 Å². The summed E-state index contributed by atoms with van der Waals surface area (Å²) in [4.78, 5) is 0. The van der Waals surface area contributed by atoms with Crippen LogP contribution >= 0.6 is 0 Å². The van der Waals surface area contributed by atoms with Gasteiger partial charge in [-0.1, -0.05) is 0 Å². The third-order valence-corrected chi connectivity index (χ3v) is 3.15. The minimum atomic E-state index is -0.0295. The average Bonchev–Trinajstić information content (AvgIpc) is 2.12. The second-order valence-corrected chi connectivity index (χ2v) is 5.69. The number of hydrogen-bond acceptors (Lipinski definition) is 3. The fourth-order valence-electron chi connectivity index (χ4n) is 1.93. The Morgan fingerprint density at radius 1 is 1.33 bits per heavy atom. The first kappa shape index (κ1) is 12.9. The first-order chi connectivity index (χ1) is 6.91. The molecule has 0 aromatic carbocycles.